The minimum absolute atomic E-state index is 0.847. The molecule has 0 aromatic heterocycles. The zero-order chi connectivity index (χ0) is 7.44. The largest absolute Gasteiger partial charge is 0.0651 e. The van der Waals surface area contributed by atoms with Crippen molar-refractivity contribution >= 4 is 0 Å². The van der Waals surface area contributed by atoms with Crippen LogP contribution in [0.15, 0.2) is 0 Å². The van der Waals surface area contributed by atoms with Crippen molar-refractivity contribution in [3.05, 3.63) is 0 Å². The third-order valence-corrected chi connectivity index (χ3v) is 2.59. The summed E-state index contributed by atoms with van der Waals surface area (Å²) in [4.78, 5) is 0. The van der Waals surface area contributed by atoms with E-state index < -0.39 is 0 Å². The van der Waals surface area contributed by atoms with E-state index in [-0.39, 0.29) is 0 Å². The van der Waals surface area contributed by atoms with Gasteiger partial charge in [0.2, 0.25) is 0 Å². The van der Waals surface area contributed by atoms with Crippen molar-refractivity contribution in [2.45, 2.75) is 41.0 Å². The lowest BCUT2D eigenvalue weighted by Crippen LogP contribution is -2.12. The molecule has 0 aliphatic rings. The quantitative estimate of drug-likeness (QED) is 0.547. The highest BCUT2D eigenvalue weighted by molar-refractivity contribution is 4.62. The Morgan fingerprint density at radius 2 is 1.44 bits per heavy atom. The van der Waals surface area contributed by atoms with Gasteiger partial charge in [-0.05, 0) is 17.8 Å². The fourth-order valence-corrected chi connectivity index (χ4v) is 1.03. The summed E-state index contributed by atoms with van der Waals surface area (Å²) < 4.78 is 0. The van der Waals surface area contributed by atoms with Crippen LogP contribution >= 0.6 is 0 Å². The van der Waals surface area contributed by atoms with Crippen molar-refractivity contribution in [1.82, 2.24) is 0 Å². The zero-order valence-corrected chi connectivity index (χ0v) is 7.44. The van der Waals surface area contributed by atoms with Crippen LogP contribution in [-0.2, 0) is 0 Å². The summed E-state index contributed by atoms with van der Waals surface area (Å²) in [5, 5.41) is 0. The summed E-state index contributed by atoms with van der Waals surface area (Å²) in [6.07, 6.45) is 1.32. The molecule has 0 rings (SSSR count). The smallest absolute Gasteiger partial charge is 0.0394 e. The van der Waals surface area contributed by atoms with Crippen LogP contribution in [0.1, 0.15) is 41.0 Å². The van der Waals surface area contributed by atoms with E-state index >= 15 is 0 Å². The summed E-state index contributed by atoms with van der Waals surface area (Å²) >= 11 is 0. The Hall–Kier alpha value is 0. The van der Waals surface area contributed by atoms with E-state index in [0.29, 0.717) is 0 Å². The predicted molar refractivity (Wildman–Crippen MR) is 43.5 cm³/mol. The minimum atomic E-state index is 0.847. The molecule has 0 N–H and O–H groups in total. The maximum absolute atomic E-state index is 2.35. The van der Waals surface area contributed by atoms with Crippen LogP contribution in [-0.4, -0.2) is 0 Å². The normalized spacial score (nSPS) is 18.0. The molecule has 0 aliphatic carbocycles. The molecule has 0 amide bonds. The maximum atomic E-state index is 2.35. The standard InChI is InChI=1S/C9H20/c1-6-8(4)9(5)7(2)3/h7-9H,6H2,1-5H3/t8-,9?/m0/s1. The molecule has 0 aliphatic heterocycles. The van der Waals surface area contributed by atoms with Crippen molar-refractivity contribution < 1.29 is 0 Å². The number of hydrogen-bond donors (Lipinski definition) is 0. The summed E-state index contributed by atoms with van der Waals surface area (Å²) in [5.74, 6) is 2.62. The van der Waals surface area contributed by atoms with Gasteiger partial charge >= 0.3 is 0 Å². The molecule has 56 valence electrons. The van der Waals surface area contributed by atoms with Gasteiger partial charge in [-0.3, -0.25) is 0 Å². The average molecular weight is 128 g/mol. The highest BCUT2D eigenvalue weighted by atomic mass is 14.2. The second-order valence-corrected chi connectivity index (χ2v) is 3.49. The Morgan fingerprint density at radius 3 is 1.56 bits per heavy atom. The molecule has 0 saturated carbocycles. The molecular weight excluding hydrogens is 108 g/mol. The molecule has 0 saturated heterocycles. The van der Waals surface area contributed by atoms with Crippen molar-refractivity contribution in [2.75, 3.05) is 0 Å². The molecule has 0 bridgehead atoms. The van der Waals surface area contributed by atoms with Gasteiger partial charge in [0.25, 0.3) is 0 Å². The molecule has 0 nitrogen and oxygen atoms in total. The molecule has 2 atom stereocenters. The van der Waals surface area contributed by atoms with Gasteiger partial charge in [-0.25, -0.2) is 0 Å². The summed E-state index contributed by atoms with van der Waals surface area (Å²) in [7, 11) is 0. The third kappa shape index (κ3) is 2.88. The van der Waals surface area contributed by atoms with E-state index in [2.05, 4.69) is 34.6 Å². The van der Waals surface area contributed by atoms with Gasteiger partial charge in [-0.2, -0.15) is 0 Å². The van der Waals surface area contributed by atoms with Crippen LogP contribution in [0.2, 0.25) is 0 Å². The molecule has 9 heavy (non-hydrogen) atoms. The SMILES string of the molecule is CC[C@H](C)C(C)C(C)C. The number of rotatable bonds is 3. The van der Waals surface area contributed by atoms with Gasteiger partial charge < -0.3 is 0 Å². The highest BCUT2D eigenvalue weighted by Crippen LogP contribution is 2.21. The second kappa shape index (κ2) is 3.92. The Bertz CT molecular complexity index is 64.4. The third-order valence-electron chi connectivity index (χ3n) is 2.59. The average Bonchev–Trinajstić information content (AvgIpc) is 1.84. The summed E-state index contributed by atoms with van der Waals surface area (Å²) in [6.45, 7) is 11.6. The zero-order valence-electron chi connectivity index (χ0n) is 7.44. The van der Waals surface area contributed by atoms with Gasteiger partial charge in [-0.15, -0.1) is 0 Å². The Kier molecular flexibility index (Phi) is 3.92. The van der Waals surface area contributed by atoms with Gasteiger partial charge in [-0.1, -0.05) is 41.0 Å². The summed E-state index contributed by atoms with van der Waals surface area (Å²) in [6, 6.07) is 0. The van der Waals surface area contributed by atoms with Crippen molar-refractivity contribution in [2.24, 2.45) is 17.8 Å². The fourth-order valence-electron chi connectivity index (χ4n) is 1.03. The molecule has 0 heteroatoms. The minimum Gasteiger partial charge on any atom is -0.0651 e. The first-order valence-electron chi connectivity index (χ1n) is 4.09. The van der Waals surface area contributed by atoms with E-state index in [1.807, 2.05) is 0 Å². The van der Waals surface area contributed by atoms with Gasteiger partial charge in [0.15, 0.2) is 0 Å². The fraction of sp³-hybridized carbons (Fsp3) is 1.00. The van der Waals surface area contributed by atoms with Crippen LogP contribution in [0.5, 0.6) is 0 Å². The first-order chi connectivity index (χ1) is 4.09. The van der Waals surface area contributed by atoms with Gasteiger partial charge in [0, 0.05) is 0 Å². The molecule has 0 radical (unpaired) electrons. The molecule has 0 heterocycles. The van der Waals surface area contributed by atoms with Crippen LogP contribution < -0.4 is 0 Å². The van der Waals surface area contributed by atoms with E-state index in [1.54, 1.807) is 0 Å². The molecule has 0 aromatic rings. The van der Waals surface area contributed by atoms with Crippen molar-refractivity contribution in [3.63, 3.8) is 0 Å². The molecule has 0 aromatic carbocycles. The van der Waals surface area contributed by atoms with Crippen LogP contribution in [0, 0.1) is 17.8 Å². The van der Waals surface area contributed by atoms with E-state index in [1.165, 1.54) is 6.42 Å². The van der Waals surface area contributed by atoms with Crippen molar-refractivity contribution in [1.29, 1.82) is 0 Å². The molecular formula is C9H20. The molecule has 0 fully saturated rings. The first-order valence-corrected chi connectivity index (χ1v) is 4.09. The van der Waals surface area contributed by atoms with Gasteiger partial charge in [0.1, 0.15) is 0 Å². The van der Waals surface area contributed by atoms with Crippen molar-refractivity contribution in [3.8, 4) is 0 Å². The lowest BCUT2D eigenvalue weighted by atomic mass is 9.85. The van der Waals surface area contributed by atoms with Gasteiger partial charge in [0.05, 0.1) is 0 Å². The Balaban J connectivity index is 3.58. The Morgan fingerprint density at radius 1 is 1.00 bits per heavy atom. The lowest BCUT2D eigenvalue weighted by Gasteiger charge is -2.21. The topological polar surface area (TPSA) is 0 Å². The predicted octanol–water partition coefficient (Wildman–Crippen LogP) is 3.32. The maximum Gasteiger partial charge on any atom is -0.0394 e. The Labute approximate surface area is 59.7 Å². The van der Waals surface area contributed by atoms with E-state index in [9.17, 15) is 0 Å². The van der Waals surface area contributed by atoms with Crippen LogP contribution in [0.25, 0.3) is 0 Å². The molecule has 1 unspecified atom stereocenters. The number of hydrogen-bond acceptors (Lipinski definition) is 0. The summed E-state index contributed by atoms with van der Waals surface area (Å²) in [5.41, 5.74) is 0. The lowest BCUT2D eigenvalue weighted by molar-refractivity contribution is 0.289. The molecule has 0 spiro atoms. The van der Waals surface area contributed by atoms with E-state index in [4.69, 9.17) is 0 Å². The van der Waals surface area contributed by atoms with Crippen LogP contribution in [0.4, 0.5) is 0 Å². The highest BCUT2D eigenvalue weighted by Gasteiger charge is 2.12. The second-order valence-electron chi connectivity index (χ2n) is 3.49. The first kappa shape index (κ1) is 9.00. The van der Waals surface area contributed by atoms with Crippen LogP contribution in [0.3, 0.4) is 0 Å². The monoisotopic (exact) mass is 128 g/mol. The van der Waals surface area contributed by atoms with E-state index in [0.717, 1.165) is 17.8 Å².